The zero-order valence-corrected chi connectivity index (χ0v) is 21.1. The minimum atomic E-state index is -4.27. The molecule has 14 heteroatoms. The summed E-state index contributed by atoms with van der Waals surface area (Å²) in [5, 5.41) is 28.0. The normalized spacial score (nSPS) is 13.0. The lowest BCUT2D eigenvalue weighted by Gasteiger charge is -2.22. The molecule has 0 aliphatic carbocycles. The lowest BCUT2D eigenvalue weighted by Crippen LogP contribution is -2.36. The topological polar surface area (TPSA) is 178 Å². The zero-order valence-electron chi connectivity index (χ0n) is 20.3. The number of rotatable bonds is 9. The van der Waals surface area contributed by atoms with Crippen LogP contribution < -0.4 is 14.2 Å². The molecule has 1 aromatic carbocycles. The highest BCUT2D eigenvalue weighted by Gasteiger charge is 2.35. The average Bonchev–Trinajstić information content (AvgIpc) is 3.48. The number of benzene rings is 1. The Labute approximate surface area is 212 Å². The van der Waals surface area contributed by atoms with Crippen molar-refractivity contribution in [3.63, 3.8) is 0 Å². The maximum atomic E-state index is 13.2. The lowest BCUT2D eigenvalue weighted by atomic mass is 10.1. The van der Waals surface area contributed by atoms with Gasteiger partial charge in [-0.05, 0) is 38.1 Å². The first-order valence-electron chi connectivity index (χ1n) is 10.8. The third-order valence-corrected chi connectivity index (χ3v) is 6.67. The van der Waals surface area contributed by atoms with Crippen LogP contribution in [0.3, 0.4) is 0 Å². The number of nitrogens with zero attached hydrogens (tertiary/aromatic N) is 6. The predicted octanol–water partition coefficient (Wildman–Crippen LogP) is 2.16. The summed E-state index contributed by atoms with van der Waals surface area (Å²) in [5.74, 6) is 0.607. The quantitative estimate of drug-likeness (QED) is 0.327. The highest BCUT2D eigenvalue weighted by atomic mass is 32.2. The van der Waals surface area contributed by atoms with Crippen LogP contribution in [-0.4, -0.2) is 58.2 Å². The number of aromatic nitrogens is 5. The van der Waals surface area contributed by atoms with Gasteiger partial charge in [-0.25, -0.2) is 18.4 Å². The Hall–Kier alpha value is -4.48. The molecule has 37 heavy (non-hydrogen) atoms. The molecule has 3 heterocycles. The van der Waals surface area contributed by atoms with E-state index in [-0.39, 0.29) is 23.2 Å². The molecule has 0 saturated carbocycles. The van der Waals surface area contributed by atoms with Crippen LogP contribution in [0.1, 0.15) is 24.1 Å². The summed E-state index contributed by atoms with van der Waals surface area (Å²) in [4.78, 5) is 7.83. The number of aryl methyl sites for hydroxylation is 1. The molecule has 4 aromatic rings. The van der Waals surface area contributed by atoms with Gasteiger partial charge in [0, 0.05) is 12.4 Å². The van der Waals surface area contributed by atoms with Gasteiger partial charge in [0.05, 0.1) is 19.8 Å². The van der Waals surface area contributed by atoms with Gasteiger partial charge in [-0.1, -0.05) is 6.07 Å². The minimum Gasteiger partial charge on any atom is -0.494 e. The Morgan fingerprint density at radius 1 is 1.14 bits per heavy atom. The number of nitrogens with one attached hydrogen (secondary N) is 1. The number of hydrogen-bond donors (Lipinski definition) is 2. The van der Waals surface area contributed by atoms with Crippen molar-refractivity contribution in [2.45, 2.75) is 19.4 Å². The molecular weight excluding hydrogens is 502 g/mol. The van der Waals surface area contributed by atoms with Crippen LogP contribution in [0, 0.1) is 18.3 Å². The standard InChI is InChI=1S/C23H23N7O6S/c1-14-8-9-18(36-14)20-27-28-22(30(20)19-16(34-3)6-5-7-17(19)35-4)29-37(32,33)13-23(2,31)21-25-11-15(10-24)12-26-21/h5-9,11-12,31H,13H2,1-4H3,(H,28,29)/t23-/m0/s1. The van der Waals surface area contributed by atoms with Crippen LogP contribution in [0.15, 0.2) is 47.1 Å². The highest BCUT2D eigenvalue weighted by Crippen LogP contribution is 2.38. The van der Waals surface area contributed by atoms with Gasteiger partial charge >= 0.3 is 0 Å². The number of nitriles is 1. The molecule has 0 saturated heterocycles. The van der Waals surface area contributed by atoms with Crippen LogP contribution in [0.25, 0.3) is 17.3 Å². The monoisotopic (exact) mass is 525 g/mol. The van der Waals surface area contributed by atoms with E-state index in [0.29, 0.717) is 28.7 Å². The fourth-order valence-corrected chi connectivity index (χ4v) is 4.95. The molecule has 13 nitrogen and oxygen atoms in total. The number of hydrogen-bond acceptors (Lipinski definition) is 11. The molecule has 3 aromatic heterocycles. The van der Waals surface area contributed by atoms with E-state index in [2.05, 4.69) is 24.9 Å². The molecule has 192 valence electrons. The number of methoxy groups -OCH3 is 2. The molecule has 1 atom stereocenters. The smallest absolute Gasteiger partial charge is 0.243 e. The Balaban J connectivity index is 1.78. The van der Waals surface area contributed by atoms with Crippen molar-refractivity contribution in [3.05, 3.63) is 59.9 Å². The van der Waals surface area contributed by atoms with E-state index in [1.807, 2.05) is 6.07 Å². The Morgan fingerprint density at radius 2 is 1.78 bits per heavy atom. The van der Waals surface area contributed by atoms with Crippen molar-refractivity contribution in [1.29, 1.82) is 5.26 Å². The molecule has 0 unspecified atom stereocenters. The summed E-state index contributed by atoms with van der Waals surface area (Å²) in [7, 11) is -1.36. The van der Waals surface area contributed by atoms with E-state index in [4.69, 9.17) is 19.2 Å². The number of para-hydroxylation sites is 1. The fourth-order valence-electron chi connectivity index (χ4n) is 3.60. The summed E-state index contributed by atoms with van der Waals surface area (Å²) in [6.07, 6.45) is 2.39. The second-order valence-corrected chi connectivity index (χ2v) is 9.87. The number of ether oxygens (including phenoxy) is 2. The summed E-state index contributed by atoms with van der Waals surface area (Å²) in [6, 6.07) is 10.3. The molecule has 0 spiro atoms. The third-order valence-electron chi connectivity index (χ3n) is 5.23. The summed E-state index contributed by atoms with van der Waals surface area (Å²) < 4.78 is 46.9. The Bertz CT molecular complexity index is 1550. The van der Waals surface area contributed by atoms with Gasteiger partial charge in [0.25, 0.3) is 0 Å². The molecule has 0 aliphatic heterocycles. The van der Waals surface area contributed by atoms with Gasteiger partial charge in [-0.3, -0.25) is 9.29 Å². The van der Waals surface area contributed by atoms with E-state index in [1.165, 1.54) is 38.1 Å². The number of furan rings is 1. The lowest BCUT2D eigenvalue weighted by molar-refractivity contribution is 0.0721. The molecule has 4 rings (SSSR count). The van der Waals surface area contributed by atoms with Crippen LogP contribution in [0.4, 0.5) is 5.95 Å². The number of anilines is 1. The first-order valence-corrected chi connectivity index (χ1v) is 12.4. The maximum Gasteiger partial charge on any atom is 0.243 e. The van der Waals surface area contributed by atoms with Crippen molar-refractivity contribution in [2.24, 2.45) is 0 Å². The zero-order chi connectivity index (χ0) is 26.8. The third kappa shape index (κ3) is 5.22. The maximum absolute atomic E-state index is 13.2. The van der Waals surface area contributed by atoms with E-state index < -0.39 is 21.4 Å². The van der Waals surface area contributed by atoms with Crippen LogP contribution in [0.2, 0.25) is 0 Å². The fraction of sp³-hybridized carbons (Fsp3) is 0.261. The summed E-state index contributed by atoms with van der Waals surface area (Å²) in [6.45, 7) is 3.00. The Kier molecular flexibility index (Phi) is 6.84. The van der Waals surface area contributed by atoms with Gasteiger partial charge < -0.3 is 19.0 Å². The largest absolute Gasteiger partial charge is 0.494 e. The SMILES string of the molecule is COc1cccc(OC)c1-n1c(NS(=O)(=O)C[C@](C)(O)c2ncc(C#N)cn2)nnc1-c1ccc(C)o1. The van der Waals surface area contributed by atoms with Gasteiger partial charge in [-0.2, -0.15) is 5.26 Å². The van der Waals surface area contributed by atoms with Crippen molar-refractivity contribution in [2.75, 3.05) is 24.7 Å². The number of sulfonamides is 1. The van der Waals surface area contributed by atoms with Gasteiger partial charge in [0.1, 0.15) is 40.4 Å². The number of aliphatic hydroxyl groups is 1. The minimum absolute atomic E-state index is 0.167. The molecule has 0 aliphatic rings. The molecule has 0 radical (unpaired) electrons. The van der Waals surface area contributed by atoms with Crippen LogP contribution >= 0.6 is 0 Å². The summed E-state index contributed by atoms with van der Waals surface area (Å²) >= 11 is 0. The molecule has 0 bridgehead atoms. The van der Waals surface area contributed by atoms with Gasteiger partial charge in [0.2, 0.25) is 21.8 Å². The molecule has 0 fully saturated rings. The van der Waals surface area contributed by atoms with Crippen LogP contribution in [0.5, 0.6) is 11.5 Å². The van der Waals surface area contributed by atoms with Gasteiger partial charge in [0.15, 0.2) is 11.6 Å². The second kappa shape index (κ2) is 9.88. The van der Waals surface area contributed by atoms with E-state index in [0.717, 1.165) is 0 Å². The van der Waals surface area contributed by atoms with Gasteiger partial charge in [-0.15, -0.1) is 10.2 Å². The molecule has 0 amide bonds. The van der Waals surface area contributed by atoms with E-state index in [9.17, 15) is 13.5 Å². The van der Waals surface area contributed by atoms with E-state index in [1.54, 1.807) is 37.3 Å². The molecule has 2 N–H and O–H groups in total. The average molecular weight is 526 g/mol. The highest BCUT2D eigenvalue weighted by molar-refractivity contribution is 7.92. The molecular formula is C23H23N7O6S. The van der Waals surface area contributed by atoms with Crippen molar-refractivity contribution >= 4 is 16.0 Å². The first-order chi connectivity index (χ1) is 17.6. The van der Waals surface area contributed by atoms with Crippen molar-refractivity contribution < 1.29 is 27.4 Å². The van der Waals surface area contributed by atoms with E-state index >= 15 is 0 Å². The summed E-state index contributed by atoms with van der Waals surface area (Å²) in [5.41, 5.74) is -1.50. The Morgan fingerprint density at radius 3 is 2.32 bits per heavy atom. The predicted molar refractivity (Wildman–Crippen MR) is 131 cm³/mol. The van der Waals surface area contributed by atoms with Crippen LogP contribution in [-0.2, 0) is 15.6 Å². The second-order valence-electron chi connectivity index (χ2n) is 8.15. The van der Waals surface area contributed by atoms with Crippen molar-refractivity contribution in [1.82, 2.24) is 24.7 Å². The first kappa shape index (κ1) is 25.6. The van der Waals surface area contributed by atoms with Crippen molar-refractivity contribution in [3.8, 4) is 34.8 Å².